The average Bonchev–Trinajstić information content (AvgIpc) is 2.64. The Balaban J connectivity index is 1.95. The summed E-state index contributed by atoms with van der Waals surface area (Å²) in [5.41, 5.74) is 2.28. The van der Waals surface area contributed by atoms with Crippen LogP contribution in [0.3, 0.4) is 0 Å². The summed E-state index contributed by atoms with van der Waals surface area (Å²) in [7, 11) is 0. The number of aromatic nitrogens is 1. The van der Waals surface area contributed by atoms with E-state index in [4.69, 9.17) is 0 Å². The molecule has 0 saturated heterocycles. The Bertz CT molecular complexity index is 454. The lowest BCUT2D eigenvalue weighted by atomic mass is 9.73. The Labute approximate surface area is 109 Å². The zero-order chi connectivity index (χ0) is 12.8. The monoisotopic (exact) mass is 245 g/mol. The second-order valence-corrected chi connectivity index (χ2v) is 6.94. The highest BCUT2D eigenvalue weighted by Gasteiger charge is 2.48. The van der Waals surface area contributed by atoms with Gasteiger partial charge in [-0.3, -0.25) is 4.98 Å². The number of aliphatic hydroxyl groups is 1. The van der Waals surface area contributed by atoms with E-state index in [9.17, 15) is 5.11 Å². The van der Waals surface area contributed by atoms with Crippen LogP contribution in [0.15, 0.2) is 18.3 Å². The Hall–Kier alpha value is -0.890. The summed E-state index contributed by atoms with van der Waals surface area (Å²) < 4.78 is 0. The van der Waals surface area contributed by atoms with Crippen molar-refractivity contribution in [3.05, 3.63) is 29.6 Å². The van der Waals surface area contributed by atoms with Crippen molar-refractivity contribution in [3.8, 4) is 0 Å². The molecule has 0 radical (unpaired) electrons. The van der Waals surface area contributed by atoms with E-state index in [-0.39, 0.29) is 11.3 Å². The molecule has 18 heavy (non-hydrogen) atoms. The van der Waals surface area contributed by atoms with Gasteiger partial charge in [0.1, 0.15) is 0 Å². The molecule has 0 aliphatic heterocycles. The molecule has 1 aromatic heterocycles. The standard InChI is InChI=1S/C16H23NO/c1-15(2)8-9-16(18,11-15)13-7-3-5-12-6-4-10-17-14(12)13/h4,6,10,13,18H,3,5,7-9,11H2,1-2H3. The predicted octanol–water partition coefficient (Wildman–Crippen LogP) is 3.44. The Morgan fingerprint density at radius 2 is 2.17 bits per heavy atom. The number of pyridine rings is 1. The fourth-order valence-electron chi connectivity index (χ4n) is 3.99. The van der Waals surface area contributed by atoms with E-state index in [0.717, 1.165) is 32.1 Å². The molecule has 2 aliphatic rings. The van der Waals surface area contributed by atoms with Gasteiger partial charge in [-0.2, -0.15) is 0 Å². The number of hydrogen-bond donors (Lipinski definition) is 1. The Morgan fingerprint density at radius 1 is 1.33 bits per heavy atom. The zero-order valence-corrected chi connectivity index (χ0v) is 11.4. The summed E-state index contributed by atoms with van der Waals surface area (Å²) in [5.74, 6) is 0.254. The normalized spacial score (nSPS) is 34.3. The second kappa shape index (κ2) is 4.06. The Morgan fingerprint density at radius 3 is 2.89 bits per heavy atom. The van der Waals surface area contributed by atoms with Crippen molar-refractivity contribution in [2.45, 2.75) is 63.9 Å². The van der Waals surface area contributed by atoms with Crippen molar-refractivity contribution in [1.82, 2.24) is 4.98 Å². The van der Waals surface area contributed by atoms with E-state index in [1.165, 1.54) is 17.7 Å². The zero-order valence-electron chi connectivity index (χ0n) is 11.4. The summed E-state index contributed by atoms with van der Waals surface area (Å²) in [6.07, 6.45) is 8.26. The fraction of sp³-hybridized carbons (Fsp3) is 0.688. The minimum absolute atomic E-state index is 0.254. The molecule has 0 spiro atoms. The van der Waals surface area contributed by atoms with Crippen LogP contribution >= 0.6 is 0 Å². The lowest BCUT2D eigenvalue weighted by Gasteiger charge is -2.37. The minimum Gasteiger partial charge on any atom is -0.389 e. The van der Waals surface area contributed by atoms with Crippen molar-refractivity contribution >= 4 is 0 Å². The highest BCUT2D eigenvalue weighted by atomic mass is 16.3. The minimum atomic E-state index is -0.521. The first-order valence-electron chi connectivity index (χ1n) is 7.16. The molecular formula is C16H23NO. The van der Waals surface area contributed by atoms with Gasteiger partial charge >= 0.3 is 0 Å². The molecule has 0 bridgehead atoms. The fourth-order valence-corrected chi connectivity index (χ4v) is 3.99. The van der Waals surface area contributed by atoms with Gasteiger partial charge < -0.3 is 5.11 Å². The third-order valence-corrected chi connectivity index (χ3v) is 4.86. The van der Waals surface area contributed by atoms with E-state index >= 15 is 0 Å². The highest BCUT2D eigenvalue weighted by molar-refractivity contribution is 5.29. The van der Waals surface area contributed by atoms with Crippen LogP contribution in [0.1, 0.15) is 63.1 Å². The number of rotatable bonds is 1. The quantitative estimate of drug-likeness (QED) is 0.822. The third kappa shape index (κ3) is 1.97. The van der Waals surface area contributed by atoms with Gasteiger partial charge in [0.25, 0.3) is 0 Å². The van der Waals surface area contributed by atoms with Crippen molar-refractivity contribution in [2.24, 2.45) is 5.41 Å². The molecule has 98 valence electrons. The van der Waals surface area contributed by atoms with Gasteiger partial charge in [0, 0.05) is 17.8 Å². The van der Waals surface area contributed by atoms with Crippen molar-refractivity contribution in [2.75, 3.05) is 0 Å². The van der Waals surface area contributed by atoms with Crippen LogP contribution < -0.4 is 0 Å². The molecular weight excluding hydrogens is 222 g/mol. The molecule has 3 rings (SSSR count). The van der Waals surface area contributed by atoms with E-state index in [2.05, 4.69) is 24.9 Å². The Kier molecular flexibility index (Phi) is 2.74. The van der Waals surface area contributed by atoms with E-state index in [1.54, 1.807) is 0 Å². The van der Waals surface area contributed by atoms with E-state index < -0.39 is 5.60 Å². The lowest BCUT2D eigenvalue weighted by Crippen LogP contribution is -2.37. The van der Waals surface area contributed by atoms with Crippen LogP contribution in [0.5, 0.6) is 0 Å². The molecule has 2 aliphatic carbocycles. The molecule has 1 heterocycles. The van der Waals surface area contributed by atoms with Gasteiger partial charge in [-0.05, 0) is 55.6 Å². The maximum Gasteiger partial charge on any atom is 0.0736 e. The van der Waals surface area contributed by atoms with Crippen LogP contribution in [0, 0.1) is 5.41 Å². The van der Waals surface area contributed by atoms with Crippen LogP contribution in [0.4, 0.5) is 0 Å². The van der Waals surface area contributed by atoms with Gasteiger partial charge in [-0.1, -0.05) is 19.9 Å². The molecule has 2 unspecified atom stereocenters. The average molecular weight is 245 g/mol. The van der Waals surface area contributed by atoms with E-state index in [1.807, 2.05) is 12.3 Å². The molecule has 1 fully saturated rings. The van der Waals surface area contributed by atoms with Crippen molar-refractivity contribution in [3.63, 3.8) is 0 Å². The van der Waals surface area contributed by atoms with Gasteiger partial charge in [-0.15, -0.1) is 0 Å². The molecule has 2 atom stereocenters. The van der Waals surface area contributed by atoms with Crippen LogP contribution in [0.25, 0.3) is 0 Å². The summed E-state index contributed by atoms with van der Waals surface area (Å²) in [5, 5.41) is 11.1. The number of fused-ring (bicyclic) bond motifs is 1. The number of hydrogen-bond acceptors (Lipinski definition) is 2. The topological polar surface area (TPSA) is 33.1 Å². The smallest absolute Gasteiger partial charge is 0.0736 e. The summed E-state index contributed by atoms with van der Waals surface area (Å²) in [6, 6.07) is 4.20. The van der Waals surface area contributed by atoms with Crippen molar-refractivity contribution in [1.29, 1.82) is 0 Å². The van der Waals surface area contributed by atoms with Crippen LogP contribution in [-0.2, 0) is 6.42 Å². The van der Waals surface area contributed by atoms with E-state index in [0.29, 0.717) is 0 Å². The first-order valence-corrected chi connectivity index (χ1v) is 7.16. The predicted molar refractivity (Wildman–Crippen MR) is 72.5 cm³/mol. The van der Waals surface area contributed by atoms with Gasteiger partial charge in [0.2, 0.25) is 0 Å². The first kappa shape index (κ1) is 12.2. The highest BCUT2D eigenvalue weighted by Crippen LogP contribution is 2.52. The number of aryl methyl sites for hydroxylation is 1. The summed E-state index contributed by atoms with van der Waals surface area (Å²) >= 11 is 0. The summed E-state index contributed by atoms with van der Waals surface area (Å²) in [4.78, 5) is 4.58. The van der Waals surface area contributed by atoms with Gasteiger partial charge in [0.05, 0.1) is 5.60 Å². The molecule has 2 nitrogen and oxygen atoms in total. The largest absolute Gasteiger partial charge is 0.389 e. The third-order valence-electron chi connectivity index (χ3n) is 4.86. The molecule has 0 amide bonds. The molecule has 1 saturated carbocycles. The van der Waals surface area contributed by atoms with Gasteiger partial charge in [0.15, 0.2) is 0 Å². The maximum absolute atomic E-state index is 11.1. The van der Waals surface area contributed by atoms with Crippen molar-refractivity contribution < 1.29 is 5.11 Å². The SMILES string of the molecule is CC1(C)CCC(O)(C2CCCc3cccnc32)C1. The first-order chi connectivity index (χ1) is 8.50. The van der Waals surface area contributed by atoms with Crippen LogP contribution in [-0.4, -0.2) is 15.7 Å². The number of nitrogens with zero attached hydrogens (tertiary/aromatic N) is 1. The molecule has 0 aromatic carbocycles. The molecule has 2 heteroatoms. The maximum atomic E-state index is 11.1. The summed E-state index contributed by atoms with van der Waals surface area (Å²) in [6.45, 7) is 4.54. The molecule has 1 aromatic rings. The second-order valence-electron chi connectivity index (χ2n) is 6.94. The van der Waals surface area contributed by atoms with Crippen LogP contribution in [0.2, 0.25) is 0 Å². The molecule has 1 N–H and O–H groups in total. The lowest BCUT2D eigenvalue weighted by molar-refractivity contribution is 0.00271. The van der Waals surface area contributed by atoms with Gasteiger partial charge in [-0.25, -0.2) is 0 Å².